The molecule has 1 N–H and O–H groups in total. The number of rotatable bonds is 3. The topological polar surface area (TPSA) is 41.6 Å². The van der Waals surface area contributed by atoms with Crippen molar-refractivity contribution in [2.75, 3.05) is 21.2 Å². The number of hydrogen-bond donors (Lipinski definition) is 1. The number of carbonyl (C=O) groups excluding carboxylic acids is 1. The first kappa shape index (κ1) is 10.1. The summed E-state index contributed by atoms with van der Waals surface area (Å²) in [5.41, 5.74) is 0. The Bertz CT molecular complexity index is 108. The van der Waals surface area contributed by atoms with Crippen molar-refractivity contribution in [3.8, 4) is 0 Å². The fraction of sp³-hybridized carbons (Fsp3) is 0.800. The Labute approximate surface area is 74.0 Å². The van der Waals surface area contributed by atoms with Gasteiger partial charge in [0, 0.05) is 7.05 Å². The highest BCUT2D eigenvalue weighted by Gasteiger charge is 2.15. The third-order valence-corrected chi connectivity index (χ3v) is 2.21. The van der Waals surface area contributed by atoms with Crippen LogP contribution < -0.4 is 5.32 Å². The summed E-state index contributed by atoms with van der Waals surface area (Å²) >= 11 is 1.99. The van der Waals surface area contributed by atoms with Crippen LogP contribution in [0.25, 0.3) is 0 Å². The number of carbonyl (C=O) groups is 1. The van der Waals surface area contributed by atoms with Gasteiger partial charge >= 0.3 is 0 Å². The molecule has 10 heavy (non-hydrogen) atoms. The number of nitrogens with zero attached hydrogens (tertiary/aromatic N) is 1. The first-order valence-corrected chi connectivity index (χ1v) is 4.01. The number of alkyl halides is 1. The van der Waals surface area contributed by atoms with E-state index in [1.54, 1.807) is 14.1 Å². The molecule has 1 atom stereocenters. The molecule has 0 radical (unpaired) electrons. The molecule has 1 amide bonds. The lowest BCUT2D eigenvalue weighted by Crippen LogP contribution is -2.38. The van der Waals surface area contributed by atoms with Crippen LogP contribution >= 0.6 is 22.6 Å². The van der Waals surface area contributed by atoms with Gasteiger partial charge in [-0.15, -0.1) is 0 Å². The molecule has 1 unspecified atom stereocenters. The van der Waals surface area contributed by atoms with Gasteiger partial charge in [0.15, 0.2) is 0 Å². The smallest absolute Gasteiger partial charge is 0.273 e. The zero-order valence-corrected chi connectivity index (χ0v) is 8.38. The molecule has 0 saturated carbocycles. The van der Waals surface area contributed by atoms with Crippen LogP contribution in [-0.2, 0) is 9.63 Å². The van der Waals surface area contributed by atoms with E-state index < -0.39 is 0 Å². The molecule has 0 heterocycles. The van der Waals surface area contributed by atoms with E-state index in [4.69, 9.17) is 0 Å². The Hall–Kier alpha value is 0.120. The Kier molecular flexibility index (Phi) is 4.92. The molecule has 0 fully saturated rings. The summed E-state index contributed by atoms with van der Waals surface area (Å²) in [6, 6.07) is 0. The highest BCUT2D eigenvalue weighted by Crippen LogP contribution is 1.99. The fourth-order valence-corrected chi connectivity index (χ4v) is 0.765. The molecule has 0 aromatic heterocycles. The highest BCUT2D eigenvalue weighted by molar-refractivity contribution is 14.1. The minimum atomic E-state index is -0.220. The van der Waals surface area contributed by atoms with Crippen molar-refractivity contribution in [3.63, 3.8) is 0 Å². The second-order valence-electron chi connectivity index (χ2n) is 1.67. The lowest BCUT2D eigenvalue weighted by Gasteiger charge is -2.16. The van der Waals surface area contributed by atoms with Gasteiger partial charge in [-0.05, 0) is 7.05 Å². The lowest BCUT2D eigenvalue weighted by atomic mass is 10.6. The maximum absolute atomic E-state index is 11.0. The van der Waals surface area contributed by atoms with Gasteiger partial charge in [-0.3, -0.25) is 9.63 Å². The number of hydrogen-bond acceptors (Lipinski definition) is 3. The standard InChI is InChI=1S/C5H11IN2O2/c1-7-4(6)5(9)8(2)10-3/h4,7H,1-3H3. The van der Waals surface area contributed by atoms with E-state index in [2.05, 4.69) is 10.2 Å². The molecule has 0 spiro atoms. The molecule has 0 aliphatic carbocycles. The minimum absolute atomic E-state index is 0.0920. The minimum Gasteiger partial charge on any atom is -0.301 e. The SMILES string of the molecule is CNC(I)C(=O)N(C)OC. The first-order valence-electron chi connectivity index (χ1n) is 2.76. The van der Waals surface area contributed by atoms with E-state index in [9.17, 15) is 4.79 Å². The number of amides is 1. The monoisotopic (exact) mass is 258 g/mol. The van der Waals surface area contributed by atoms with Gasteiger partial charge < -0.3 is 5.32 Å². The van der Waals surface area contributed by atoms with Crippen molar-refractivity contribution >= 4 is 28.5 Å². The van der Waals surface area contributed by atoms with Crippen LogP contribution in [0.5, 0.6) is 0 Å². The second kappa shape index (κ2) is 4.86. The number of nitrogens with one attached hydrogen (secondary N) is 1. The van der Waals surface area contributed by atoms with Crippen LogP contribution in [0.4, 0.5) is 0 Å². The maximum Gasteiger partial charge on any atom is 0.273 e. The molecule has 0 aromatic rings. The van der Waals surface area contributed by atoms with Crippen molar-refractivity contribution in [3.05, 3.63) is 0 Å². The van der Waals surface area contributed by atoms with Gasteiger partial charge in [-0.1, -0.05) is 22.6 Å². The van der Waals surface area contributed by atoms with Gasteiger partial charge in [-0.25, -0.2) is 5.06 Å². The predicted octanol–water partition coefficient (Wildman–Crippen LogP) is -0.0133. The summed E-state index contributed by atoms with van der Waals surface area (Å²) in [4.78, 5) is 15.7. The van der Waals surface area contributed by atoms with Crippen molar-refractivity contribution in [1.82, 2.24) is 10.4 Å². The van der Waals surface area contributed by atoms with Crippen LogP contribution in [0.15, 0.2) is 0 Å². The van der Waals surface area contributed by atoms with Gasteiger partial charge in [0.2, 0.25) is 0 Å². The predicted molar refractivity (Wildman–Crippen MR) is 46.6 cm³/mol. The third-order valence-electron chi connectivity index (χ3n) is 1.05. The molecule has 0 bridgehead atoms. The normalized spacial score (nSPS) is 12.8. The average Bonchev–Trinajstić information content (AvgIpc) is 2.00. The summed E-state index contributed by atoms with van der Waals surface area (Å²) in [6.07, 6.45) is 0. The van der Waals surface area contributed by atoms with Crippen LogP contribution in [-0.4, -0.2) is 36.2 Å². The third kappa shape index (κ3) is 2.80. The molecular weight excluding hydrogens is 247 g/mol. The zero-order chi connectivity index (χ0) is 8.15. The molecule has 0 aliphatic heterocycles. The van der Waals surface area contributed by atoms with Gasteiger partial charge in [0.25, 0.3) is 5.91 Å². The lowest BCUT2D eigenvalue weighted by molar-refractivity contribution is -0.167. The number of halogens is 1. The van der Waals surface area contributed by atoms with Crippen LogP contribution in [0, 0.1) is 0 Å². The summed E-state index contributed by atoms with van der Waals surface area (Å²) in [6.45, 7) is 0. The Morgan fingerprint density at radius 1 is 1.80 bits per heavy atom. The molecule has 4 nitrogen and oxygen atoms in total. The highest BCUT2D eigenvalue weighted by atomic mass is 127. The van der Waals surface area contributed by atoms with Crippen molar-refractivity contribution in [1.29, 1.82) is 0 Å². The Morgan fingerprint density at radius 2 is 2.30 bits per heavy atom. The maximum atomic E-state index is 11.0. The number of likely N-dealkylation sites (N-methyl/N-ethyl adjacent to an activating group) is 2. The van der Waals surface area contributed by atoms with Crippen LogP contribution in [0.3, 0.4) is 0 Å². The summed E-state index contributed by atoms with van der Waals surface area (Å²) in [5, 5.41) is 3.98. The largest absolute Gasteiger partial charge is 0.301 e. The molecule has 0 rings (SSSR count). The van der Waals surface area contributed by atoms with E-state index >= 15 is 0 Å². The molecule has 60 valence electrons. The van der Waals surface area contributed by atoms with E-state index in [1.165, 1.54) is 12.2 Å². The van der Waals surface area contributed by atoms with Crippen molar-refractivity contribution in [2.24, 2.45) is 0 Å². The molecule has 0 aliphatic rings. The zero-order valence-electron chi connectivity index (χ0n) is 6.22. The van der Waals surface area contributed by atoms with Gasteiger partial charge in [-0.2, -0.15) is 0 Å². The Balaban J connectivity index is 3.82. The van der Waals surface area contributed by atoms with E-state index in [0.717, 1.165) is 0 Å². The van der Waals surface area contributed by atoms with Crippen molar-refractivity contribution < 1.29 is 9.63 Å². The van der Waals surface area contributed by atoms with E-state index in [-0.39, 0.29) is 9.96 Å². The number of hydroxylamine groups is 2. The molecule has 5 heteroatoms. The van der Waals surface area contributed by atoms with Gasteiger partial charge in [0.1, 0.15) is 4.05 Å². The Morgan fingerprint density at radius 3 is 2.60 bits per heavy atom. The molecular formula is C5H11IN2O2. The van der Waals surface area contributed by atoms with Crippen LogP contribution in [0.1, 0.15) is 0 Å². The van der Waals surface area contributed by atoms with Crippen molar-refractivity contribution in [2.45, 2.75) is 4.05 Å². The summed E-state index contributed by atoms with van der Waals surface area (Å²) < 4.78 is -0.220. The summed E-state index contributed by atoms with van der Waals surface area (Å²) in [5.74, 6) is -0.0920. The van der Waals surface area contributed by atoms with E-state index in [0.29, 0.717) is 0 Å². The fourth-order valence-electron chi connectivity index (χ4n) is 0.373. The van der Waals surface area contributed by atoms with Gasteiger partial charge in [0.05, 0.1) is 7.11 Å². The first-order chi connectivity index (χ1) is 4.63. The molecule has 0 aromatic carbocycles. The van der Waals surface area contributed by atoms with Crippen LogP contribution in [0.2, 0.25) is 0 Å². The molecule has 0 saturated heterocycles. The quantitative estimate of drug-likeness (QED) is 0.335. The summed E-state index contributed by atoms with van der Waals surface area (Å²) in [7, 11) is 4.75. The van der Waals surface area contributed by atoms with E-state index in [1.807, 2.05) is 22.6 Å². The average molecular weight is 258 g/mol. The second-order valence-corrected chi connectivity index (χ2v) is 2.92.